The third-order valence-corrected chi connectivity index (χ3v) is 3.96. The van der Waals surface area contributed by atoms with Gasteiger partial charge < -0.3 is 25.0 Å². The van der Waals surface area contributed by atoms with Crippen LogP contribution in [0.25, 0.3) is 5.57 Å². The molecule has 0 saturated carbocycles. The maximum absolute atomic E-state index is 10.5. The average Bonchev–Trinajstić information content (AvgIpc) is 2.72. The van der Waals surface area contributed by atoms with Gasteiger partial charge in [0.05, 0.1) is 6.20 Å². The number of benzene rings is 1. The van der Waals surface area contributed by atoms with Gasteiger partial charge in [-0.25, -0.2) is 4.79 Å². The van der Waals surface area contributed by atoms with Gasteiger partial charge in [-0.3, -0.25) is 4.98 Å². The Hall–Kier alpha value is -2.90. The lowest BCUT2D eigenvalue weighted by Gasteiger charge is -2.14. The topological polar surface area (TPSA) is 101 Å². The number of nitrogens with one attached hydrogen (secondary N) is 1. The lowest BCUT2D eigenvalue weighted by Crippen LogP contribution is -2.32. The Morgan fingerprint density at radius 2 is 2.00 bits per heavy atom. The van der Waals surface area contributed by atoms with Crippen molar-refractivity contribution in [1.29, 1.82) is 0 Å². The zero-order chi connectivity index (χ0) is 20.2. The number of aliphatic hydroxyl groups excluding tert-OH is 1. The summed E-state index contributed by atoms with van der Waals surface area (Å²) in [4.78, 5) is 14.5. The van der Waals surface area contributed by atoms with Crippen LogP contribution in [-0.4, -0.2) is 53.6 Å². The highest BCUT2D eigenvalue weighted by Gasteiger charge is 2.07. The largest absolute Gasteiger partial charge is 0.489 e. The highest BCUT2D eigenvalue weighted by atomic mass is 16.5. The number of nitrogens with zero attached hydrogens (tertiary/aromatic N) is 1. The Morgan fingerprint density at radius 3 is 2.64 bits per heavy atom. The molecule has 2 rings (SSSR count). The predicted octanol–water partition coefficient (Wildman–Crippen LogP) is 2.37. The lowest BCUT2D eigenvalue weighted by molar-refractivity contribution is -0.139. The number of aliphatic carboxylic acids is 1. The average molecular weight is 386 g/mol. The molecule has 7 heteroatoms. The number of ether oxygens (including phenoxy) is 2. The number of aliphatic hydroxyl groups is 1. The Bertz CT molecular complexity index is 747. The van der Waals surface area contributed by atoms with Gasteiger partial charge in [0.1, 0.15) is 24.2 Å². The van der Waals surface area contributed by atoms with Gasteiger partial charge >= 0.3 is 5.97 Å². The van der Waals surface area contributed by atoms with Crippen LogP contribution < -0.4 is 14.8 Å². The zero-order valence-corrected chi connectivity index (χ0v) is 15.9. The van der Waals surface area contributed by atoms with E-state index in [2.05, 4.69) is 10.3 Å². The Kier molecular flexibility index (Phi) is 8.97. The normalized spacial score (nSPS) is 12.4. The molecule has 0 bridgehead atoms. The molecule has 7 nitrogen and oxygen atoms in total. The molecule has 0 fully saturated rings. The maximum atomic E-state index is 10.5. The number of aromatic nitrogens is 1. The van der Waals surface area contributed by atoms with Crippen LogP contribution in [0.4, 0.5) is 0 Å². The SMILES string of the molecule is C/C=C(\CCNCC(O)COc1cccnc1)c1ccc(OCC(=O)O)cc1. The molecule has 0 aliphatic heterocycles. The zero-order valence-electron chi connectivity index (χ0n) is 15.9. The van der Waals surface area contributed by atoms with E-state index >= 15 is 0 Å². The Morgan fingerprint density at radius 1 is 1.21 bits per heavy atom. The van der Waals surface area contributed by atoms with Crippen molar-refractivity contribution in [2.24, 2.45) is 0 Å². The van der Waals surface area contributed by atoms with Gasteiger partial charge in [0.2, 0.25) is 0 Å². The molecule has 2 aromatic rings. The van der Waals surface area contributed by atoms with Crippen LogP contribution in [0.5, 0.6) is 11.5 Å². The van der Waals surface area contributed by atoms with Crippen LogP contribution in [0.1, 0.15) is 18.9 Å². The first-order valence-electron chi connectivity index (χ1n) is 9.10. The van der Waals surface area contributed by atoms with E-state index in [-0.39, 0.29) is 13.2 Å². The number of carboxylic acids is 1. The van der Waals surface area contributed by atoms with E-state index < -0.39 is 12.1 Å². The van der Waals surface area contributed by atoms with E-state index in [1.54, 1.807) is 36.7 Å². The van der Waals surface area contributed by atoms with Crippen LogP contribution in [0.3, 0.4) is 0 Å². The molecule has 28 heavy (non-hydrogen) atoms. The molecule has 0 amide bonds. The first kappa shape index (κ1) is 21.4. The molecule has 0 saturated heterocycles. The first-order valence-corrected chi connectivity index (χ1v) is 9.10. The van der Waals surface area contributed by atoms with E-state index in [9.17, 15) is 9.90 Å². The summed E-state index contributed by atoms with van der Waals surface area (Å²) in [5.74, 6) is 0.155. The molecule has 3 N–H and O–H groups in total. The van der Waals surface area contributed by atoms with E-state index in [1.807, 2.05) is 25.1 Å². The monoisotopic (exact) mass is 386 g/mol. The molecule has 0 aliphatic rings. The molecule has 1 unspecified atom stereocenters. The molecule has 150 valence electrons. The molecular formula is C21H26N2O5. The Labute approximate surface area is 164 Å². The minimum atomic E-state index is -1.00. The summed E-state index contributed by atoms with van der Waals surface area (Å²) in [6, 6.07) is 10.9. The fraction of sp³-hybridized carbons (Fsp3) is 0.333. The number of hydrogen-bond donors (Lipinski definition) is 3. The number of allylic oxidation sites excluding steroid dienone is 1. The van der Waals surface area contributed by atoms with Crippen LogP contribution >= 0.6 is 0 Å². The summed E-state index contributed by atoms with van der Waals surface area (Å²) >= 11 is 0. The summed E-state index contributed by atoms with van der Waals surface area (Å²) < 4.78 is 10.6. The maximum Gasteiger partial charge on any atom is 0.341 e. The third-order valence-electron chi connectivity index (χ3n) is 3.96. The molecule has 1 aromatic carbocycles. The predicted molar refractivity (Wildman–Crippen MR) is 106 cm³/mol. The van der Waals surface area contributed by atoms with Gasteiger partial charge in [0, 0.05) is 12.7 Å². The van der Waals surface area contributed by atoms with E-state index in [0.717, 1.165) is 17.6 Å². The number of pyridine rings is 1. The van der Waals surface area contributed by atoms with Crippen molar-refractivity contribution in [2.75, 3.05) is 26.3 Å². The van der Waals surface area contributed by atoms with Crippen molar-refractivity contribution < 1.29 is 24.5 Å². The highest BCUT2D eigenvalue weighted by molar-refractivity contribution is 5.69. The quantitative estimate of drug-likeness (QED) is 0.482. The van der Waals surface area contributed by atoms with E-state index in [1.165, 1.54) is 0 Å². The van der Waals surface area contributed by atoms with Crippen LogP contribution in [0, 0.1) is 0 Å². The summed E-state index contributed by atoms with van der Waals surface area (Å²) in [6.07, 6.45) is 5.50. The van der Waals surface area contributed by atoms with Gasteiger partial charge in [0.25, 0.3) is 0 Å². The van der Waals surface area contributed by atoms with Crippen LogP contribution in [0.2, 0.25) is 0 Å². The number of carbonyl (C=O) groups is 1. The molecule has 0 radical (unpaired) electrons. The first-order chi connectivity index (χ1) is 13.6. The fourth-order valence-electron chi connectivity index (χ4n) is 2.54. The van der Waals surface area contributed by atoms with E-state index in [4.69, 9.17) is 14.6 Å². The molecule has 1 atom stereocenters. The number of carboxylic acid groups (broad SMARTS) is 1. The molecular weight excluding hydrogens is 360 g/mol. The second-order valence-electron chi connectivity index (χ2n) is 6.13. The summed E-state index contributed by atoms with van der Waals surface area (Å²) in [7, 11) is 0. The van der Waals surface area contributed by atoms with Crippen LogP contribution in [0.15, 0.2) is 54.9 Å². The molecule has 0 spiro atoms. The standard InChI is InChI=1S/C21H26N2O5/c1-2-16(17-5-7-19(8-6-17)28-15-21(25)26)9-11-23-12-18(24)14-27-20-4-3-10-22-13-20/h2-8,10,13,18,23-24H,9,11-12,14-15H2,1H3,(H,25,26)/b16-2+. The second-order valence-corrected chi connectivity index (χ2v) is 6.13. The number of rotatable bonds is 12. The van der Waals surface area contributed by atoms with Crippen molar-refractivity contribution >= 4 is 11.5 Å². The second kappa shape index (κ2) is 11.7. The smallest absolute Gasteiger partial charge is 0.341 e. The summed E-state index contributed by atoms with van der Waals surface area (Å²) in [5.41, 5.74) is 2.20. The summed E-state index contributed by atoms with van der Waals surface area (Å²) in [5, 5.41) is 21.9. The number of hydrogen-bond acceptors (Lipinski definition) is 6. The van der Waals surface area contributed by atoms with Gasteiger partial charge in [-0.1, -0.05) is 18.2 Å². The van der Waals surface area contributed by atoms with Gasteiger partial charge in [-0.05, 0) is 55.3 Å². The molecule has 1 heterocycles. The highest BCUT2D eigenvalue weighted by Crippen LogP contribution is 2.21. The van der Waals surface area contributed by atoms with Crippen molar-refractivity contribution in [3.63, 3.8) is 0 Å². The van der Waals surface area contributed by atoms with Crippen molar-refractivity contribution in [1.82, 2.24) is 10.3 Å². The lowest BCUT2D eigenvalue weighted by atomic mass is 10.0. The minimum absolute atomic E-state index is 0.201. The Balaban J connectivity index is 1.69. The van der Waals surface area contributed by atoms with Gasteiger partial charge in [-0.15, -0.1) is 0 Å². The third kappa shape index (κ3) is 7.77. The molecule has 0 aliphatic carbocycles. The van der Waals surface area contributed by atoms with Gasteiger partial charge in [0.15, 0.2) is 6.61 Å². The minimum Gasteiger partial charge on any atom is -0.489 e. The summed E-state index contributed by atoms with van der Waals surface area (Å²) in [6.45, 7) is 2.96. The van der Waals surface area contributed by atoms with Gasteiger partial charge in [-0.2, -0.15) is 0 Å². The van der Waals surface area contributed by atoms with E-state index in [0.29, 0.717) is 24.6 Å². The van der Waals surface area contributed by atoms with Crippen molar-refractivity contribution in [3.8, 4) is 11.5 Å². The fourth-order valence-corrected chi connectivity index (χ4v) is 2.54. The molecule has 1 aromatic heterocycles. The van der Waals surface area contributed by atoms with Crippen molar-refractivity contribution in [3.05, 3.63) is 60.4 Å². The van der Waals surface area contributed by atoms with Crippen LogP contribution in [-0.2, 0) is 4.79 Å². The van der Waals surface area contributed by atoms with Crippen molar-refractivity contribution in [2.45, 2.75) is 19.4 Å².